The number of hydrogen-bond acceptors (Lipinski definition) is 2. The summed E-state index contributed by atoms with van der Waals surface area (Å²) in [5, 5.41) is 21.1. The zero-order chi connectivity index (χ0) is 13.4. The van der Waals surface area contributed by atoms with Crippen LogP contribution in [0.1, 0.15) is 45.6 Å². The van der Waals surface area contributed by atoms with E-state index in [1.54, 1.807) is 0 Å². The van der Waals surface area contributed by atoms with E-state index in [2.05, 4.69) is 20.8 Å². The van der Waals surface area contributed by atoms with Crippen molar-refractivity contribution in [3.8, 4) is 0 Å². The first-order valence-electron chi connectivity index (χ1n) is 6.80. The lowest BCUT2D eigenvalue weighted by atomic mass is 9.65. The Morgan fingerprint density at radius 2 is 1.78 bits per heavy atom. The Balaban J connectivity index is 2.19. The van der Waals surface area contributed by atoms with Gasteiger partial charge in [0, 0.05) is 0 Å². The molecule has 2 nitrogen and oxygen atoms in total. The van der Waals surface area contributed by atoms with Crippen molar-refractivity contribution in [3.05, 3.63) is 35.9 Å². The Morgan fingerprint density at radius 1 is 1.17 bits per heavy atom. The summed E-state index contributed by atoms with van der Waals surface area (Å²) in [6.07, 6.45) is 1.61. The van der Waals surface area contributed by atoms with Gasteiger partial charge >= 0.3 is 0 Å². The second kappa shape index (κ2) is 4.67. The maximum atomic E-state index is 10.7. The van der Waals surface area contributed by atoms with Crippen LogP contribution in [0.4, 0.5) is 0 Å². The number of aliphatic hydroxyl groups excluding tert-OH is 1. The van der Waals surface area contributed by atoms with Crippen LogP contribution >= 0.6 is 0 Å². The van der Waals surface area contributed by atoms with Gasteiger partial charge in [-0.25, -0.2) is 0 Å². The highest BCUT2D eigenvalue weighted by molar-refractivity contribution is 5.24. The molecule has 1 aromatic rings. The first-order chi connectivity index (χ1) is 8.34. The molecule has 100 valence electrons. The van der Waals surface area contributed by atoms with Crippen LogP contribution in [0.15, 0.2) is 30.3 Å². The van der Waals surface area contributed by atoms with Gasteiger partial charge in [-0.15, -0.1) is 0 Å². The molecule has 0 radical (unpaired) electrons. The predicted octanol–water partition coefficient (Wildman–Crippen LogP) is 3.08. The van der Waals surface area contributed by atoms with Gasteiger partial charge < -0.3 is 10.2 Å². The lowest BCUT2D eigenvalue weighted by Gasteiger charge is -2.44. The van der Waals surface area contributed by atoms with E-state index in [0.717, 1.165) is 12.0 Å². The maximum absolute atomic E-state index is 10.7. The van der Waals surface area contributed by atoms with Crippen LogP contribution in [0.25, 0.3) is 0 Å². The lowest BCUT2D eigenvalue weighted by molar-refractivity contribution is -0.128. The molecule has 2 N–H and O–H groups in total. The van der Waals surface area contributed by atoms with Crippen molar-refractivity contribution < 1.29 is 10.2 Å². The minimum absolute atomic E-state index is 0.193. The first kappa shape index (κ1) is 13.6. The van der Waals surface area contributed by atoms with Gasteiger partial charge in [0.05, 0.1) is 6.10 Å². The highest BCUT2D eigenvalue weighted by Crippen LogP contribution is 2.45. The molecule has 1 fully saturated rings. The number of benzene rings is 1. The fraction of sp³-hybridized carbons (Fsp3) is 0.625. The fourth-order valence-corrected chi connectivity index (χ4v) is 2.99. The molecule has 3 atom stereocenters. The van der Waals surface area contributed by atoms with E-state index in [-0.39, 0.29) is 5.41 Å². The predicted molar refractivity (Wildman–Crippen MR) is 73.1 cm³/mol. The SMILES string of the molecule is CC(C)(C)[C@@H]1CC[C@](O)(c2ccccc2)[C@@H](O)C1. The molecule has 1 aliphatic rings. The smallest absolute Gasteiger partial charge is 0.115 e. The van der Waals surface area contributed by atoms with Crippen LogP contribution in [0.3, 0.4) is 0 Å². The van der Waals surface area contributed by atoms with E-state index in [4.69, 9.17) is 0 Å². The van der Waals surface area contributed by atoms with Crippen LogP contribution in [0, 0.1) is 11.3 Å². The molecule has 18 heavy (non-hydrogen) atoms. The summed E-state index contributed by atoms with van der Waals surface area (Å²) in [7, 11) is 0. The molecule has 0 bridgehead atoms. The zero-order valence-corrected chi connectivity index (χ0v) is 11.6. The van der Waals surface area contributed by atoms with E-state index < -0.39 is 11.7 Å². The monoisotopic (exact) mass is 248 g/mol. The minimum atomic E-state index is -1.07. The van der Waals surface area contributed by atoms with Crippen molar-refractivity contribution in [2.24, 2.45) is 11.3 Å². The van der Waals surface area contributed by atoms with Gasteiger partial charge in [-0.2, -0.15) is 0 Å². The van der Waals surface area contributed by atoms with Gasteiger partial charge in [0.1, 0.15) is 5.60 Å². The molecule has 1 aromatic carbocycles. The Hall–Kier alpha value is -0.860. The van der Waals surface area contributed by atoms with Crippen molar-refractivity contribution in [1.29, 1.82) is 0 Å². The molecule has 0 heterocycles. The first-order valence-corrected chi connectivity index (χ1v) is 6.80. The maximum Gasteiger partial charge on any atom is 0.115 e. The van der Waals surface area contributed by atoms with Gasteiger partial charge in [-0.05, 0) is 36.2 Å². The Bertz CT molecular complexity index is 393. The summed E-state index contributed by atoms with van der Waals surface area (Å²) in [4.78, 5) is 0. The van der Waals surface area contributed by atoms with Crippen molar-refractivity contribution >= 4 is 0 Å². The standard InChI is InChI=1S/C16H24O2/c1-15(2,3)13-9-10-16(18,14(17)11-13)12-7-5-4-6-8-12/h4-8,13-14,17-18H,9-11H2,1-3H3/t13-,14+,16+/m1/s1. The molecule has 0 aliphatic heterocycles. The lowest BCUT2D eigenvalue weighted by Crippen LogP contribution is -2.46. The van der Waals surface area contributed by atoms with Crippen LogP contribution < -0.4 is 0 Å². The van der Waals surface area contributed by atoms with Gasteiger partial charge in [0.15, 0.2) is 0 Å². The Kier molecular flexibility index (Phi) is 3.52. The second-order valence-corrected chi connectivity index (χ2v) is 6.64. The van der Waals surface area contributed by atoms with Crippen molar-refractivity contribution in [3.63, 3.8) is 0 Å². The summed E-state index contributed by atoms with van der Waals surface area (Å²) in [5.41, 5.74) is -0.0352. The Morgan fingerprint density at radius 3 is 2.28 bits per heavy atom. The molecule has 1 saturated carbocycles. The highest BCUT2D eigenvalue weighted by Gasteiger charge is 2.44. The average Bonchev–Trinajstić information content (AvgIpc) is 2.32. The molecule has 0 saturated heterocycles. The highest BCUT2D eigenvalue weighted by atomic mass is 16.3. The van der Waals surface area contributed by atoms with E-state index >= 15 is 0 Å². The van der Waals surface area contributed by atoms with Crippen molar-refractivity contribution in [1.82, 2.24) is 0 Å². The van der Waals surface area contributed by atoms with Crippen LogP contribution in [-0.2, 0) is 5.60 Å². The molecule has 0 spiro atoms. The summed E-state index contributed by atoms with van der Waals surface area (Å²) in [6.45, 7) is 6.62. The van der Waals surface area contributed by atoms with Crippen LogP contribution in [0.5, 0.6) is 0 Å². The quantitative estimate of drug-likeness (QED) is 0.802. The number of aliphatic hydroxyl groups is 2. The van der Waals surface area contributed by atoms with E-state index in [1.165, 1.54) is 0 Å². The summed E-state index contributed by atoms with van der Waals surface area (Å²) in [5.74, 6) is 0.469. The molecular formula is C16H24O2. The van der Waals surface area contributed by atoms with E-state index in [1.807, 2.05) is 30.3 Å². The fourth-order valence-electron chi connectivity index (χ4n) is 2.99. The Labute approximate surface area is 110 Å². The zero-order valence-electron chi connectivity index (χ0n) is 11.6. The largest absolute Gasteiger partial charge is 0.390 e. The molecule has 0 amide bonds. The van der Waals surface area contributed by atoms with Crippen LogP contribution in [0.2, 0.25) is 0 Å². The molecule has 1 aliphatic carbocycles. The minimum Gasteiger partial charge on any atom is -0.390 e. The van der Waals surface area contributed by atoms with E-state index in [9.17, 15) is 10.2 Å². The molecular weight excluding hydrogens is 224 g/mol. The summed E-state index contributed by atoms with van der Waals surface area (Å²) >= 11 is 0. The van der Waals surface area contributed by atoms with Gasteiger partial charge in [0.25, 0.3) is 0 Å². The molecule has 0 unspecified atom stereocenters. The summed E-state index contributed by atoms with van der Waals surface area (Å²) in [6, 6.07) is 9.56. The van der Waals surface area contributed by atoms with Gasteiger partial charge in [0.2, 0.25) is 0 Å². The molecule has 0 aromatic heterocycles. The summed E-state index contributed by atoms with van der Waals surface area (Å²) < 4.78 is 0. The second-order valence-electron chi connectivity index (χ2n) is 6.64. The third-order valence-electron chi connectivity index (χ3n) is 4.43. The topological polar surface area (TPSA) is 40.5 Å². The van der Waals surface area contributed by atoms with Crippen molar-refractivity contribution in [2.45, 2.75) is 51.7 Å². The number of hydrogen-bond donors (Lipinski definition) is 2. The van der Waals surface area contributed by atoms with E-state index in [0.29, 0.717) is 18.8 Å². The average molecular weight is 248 g/mol. The normalized spacial score (nSPS) is 33.4. The molecule has 2 heteroatoms. The van der Waals surface area contributed by atoms with Gasteiger partial charge in [-0.1, -0.05) is 51.1 Å². The van der Waals surface area contributed by atoms with Crippen molar-refractivity contribution in [2.75, 3.05) is 0 Å². The van der Waals surface area contributed by atoms with Crippen LogP contribution in [-0.4, -0.2) is 16.3 Å². The third kappa shape index (κ3) is 2.45. The van der Waals surface area contributed by atoms with Gasteiger partial charge in [-0.3, -0.25) is 0 Å². The number of rotatable bonds is 1. The molecule has 2 rings (SSSR count). The third-order valence-corrected chi connectivity index (χ3v) is 4.43.